The van der Waals surface area contributed by atoms with Crippen molar-refractivity contribution in [2.24, 2.45) is 0 Å². The minimum absolute atomic E-state index is 0.205. The van der Waals surface area contributed by atoms with Crippen molar-refractivity contribution in [3.8, 4) is 21.9 Å². The lowest BCUT2D eigenvalue weighted by molar-refractivity contribution is 0.103. The minimum Gasteiger partial charge on any atom is -0.493 e. The molecule has 0 unspecified atom stereocenters. The second kappa shape index (κ2) is 11.8. The van der Waals surface area contributed by atoms with E-state index in [2.05, 4.69) is 15.5 Å². The van der Waals surface area contributed by atoms with Crippen molar-refractivity contribution in [3.05, 3.63) is 58.4 Å². The van der Waals surface area contributed by atoms with Crippen LogP contribution in [0.2, 0.25) is 5.02 Å². The number of benzene rings is 2. The molecule has 0 radical (unpaired) electrons. The lowest BCUT2D eigenvalue weighted by Crippen LogP contribution is -2.24. The fourth-order valence-corrected chi connectivity index (χ4v) is 5.23. The van der Waals surface area contributed by atoms with E-state index in [1.54, 1.807) is 32.4 Å². The van der Waals surface area contributed by atoms with Gasteiger partial charge in [0.15, 0.2) is 11.5 Å². The van der Waals surface area contributed by atoms with Crippen LogP contribution in [0.15, 0.2) is 48.5 Å². The number of methoxy groups -OCH3 is 1. The van der Waals surface area contributed by atoms with Crippen molar-refractivity contribution >= 4 is 40.2 Å². The number of carbonyl (C=O) groups is 1. The predicted molar refractivity (Wildman–Crippen MR) is 142 cm³/mol. The average Bonchev–Trinajstić information content (AvgIpc) is 3.49. The Balaban J connectivity index is 1.38. The van der Waals surface area contributed by atoms with Gasteiger partial charge in [-0.05, 0) is 48.7 Å². The molecule has 0 aliphatic carbocycles. The van der Waals surface area contributed by atoms with Crippen LogP contribution in [0, 0.1) is 0 Å². The van der Waals surface area contributed by atoms with Crippen LogP contribution >= 0.6 is 22.9 Å². The molecule has 35 heavy (non-hydrogen) atoms. The van der Waals surface area contributed by atoms with Crippen molar-refractivity contribution < 1.29 is 19.4 Å². The maximum atomic E-state index is 13.1. The number of nitrogens with one attached hydrogen (secondary N) is 2. The van der Waals surface area contributed by atoms with Gasteiger partial charge in [-0.2, -0.15) is 0 Å². The van der Waals surface area contributed by atoms with E-state index in [0.29, 0.717) is 33.7 Å². The van der Waals surface area contributed by atoms with Crippen LogP contribution in [0.5, 0.6) is 11.5 Å². The maximum Gasteiger partial charge on any atom is 0.267 e. The Labute approximate surface area is 214 Å². The monoisotopic (exact) mass is 515 g/mol. The second-order valence-corrected chi connectivity index (χ2v) is 9.86. The Hall–Kier alpha value is -2.78. The first kappa shape index (κ1) is 25.3. The van der Waals surface area contributed by atoms with Gasteiger partial charge in [0.2, 0.25) is 0 Å². The Morgan fingerprint density at radius 3 is 2.69 bits per heavy atom. The largest absolute Gasteiger partial charge is 0.493 e. The zero-order chi connectivity index (χ0) is 24.8. The summed E-state index contributed by atoms with van der Waals surface area (Å²) in [5.74, 6) is 0.980. The number of hydrogen-bond acceptors (Lipinski definition) is 7. The number of thiophene rings is 1. The van der Waals surface area contributed by atoms with E-state index in [4.69, 9.17) is 21.1 Å². The number of β-amino-alcohol motifs (C(OH)–C–C–N with tert-alkyl or cyclic N) is 1. The highest BCUT2D eigenvalue weighted by molar-refractivity contribution is 7.18. The molecule has 2 heterocycles. The molecule has 0 bridgehead atoms. The van der Waals surface area contributed by atoms with Crippen LogP contribution in [0.1, 0.15) is 22.5 Å². The van der Waals surface area contributed by atoms with Gasteiger partial charge in [-0.15, -0.1) is 11.3 Å². The summed E-state index contributed by atoms with van der Waals surface area (Å²) in [5.41, 5.74) is 2.38. The summed E-state index contributed by atoms with van der Waals surface area (Å²) in [5, 5.41) is 16.4. The molecule has 4 rings (SSSR count). The zero-order valence-corrected chi connectivity index (χ0v) is 21.4. The highest BCUT2D eigenvalue weighted by atomic mass is 35.5. The topological polar surface area (TPSA) is 83.1 Å². The molecule has 1 fully saturated rings. The molecule has 9 heteroatoms. The number of hydrogen-bond donors (Lipinski definition) is 3. The van der Waals surface area contributed by atoms with E-state index in [0.717, 1.165) is 48.6 Å². The smallest absolute Gasteiger partial charge is 0.267 e. The number of nitrogens with zero attached hydrogens (tertiary/aromatic N) is 1. The number of carbonyl (C=O) groups excluding carboxylic acids is 1. The maximum absolute atomic E-state index is 13.1. The molecule has 1 saturated heterocycles. The fraction of sp³-hybridized carbons (Fsp3) is 0.346. The lowest BCUT2D eigenvalue weighted by Gasteiger charge is -2.16. The second-order valence-electron chi connectivity index (χ2n) is 8.38. The summed E-state index contributed by atoms with van der Waals surface area (Å²) >= 11 is 7.42. The van der Waals surface area contributed by atoms with Crippen LogP contribution in [-0.2, 0) is 0 Å². The van der Waals surface area contributed by atoms with Crippen molar-refractivity contribution in [1.82, 2.24) is 4.90 Å². The van der Waals surface area contributed by atoms with E-state index in [1.807, 2.05) is 30.3 Å². The highest BCUT2D eigenvalue weighted by Gasteiger charge is 2.20. The van der Waals surface area contributed by atoms with Crippen LogP contribution in [0.4, 0.5) is 11.4 Å². The van der Waals surface area contributed by atoms with Crippen LogP contribution < -0.4 is 20.1 Å². The highest BCUT2D eigenvalue weighted by Crippen LogP contribution is 2.36. The van der Waals surface area contributed by atoms with Gasteiger partial charge in [0.25, 0.3) is 5.91 Å². The van der Waals surface area contributed by atoms with Gasteiger partial charge >= 0.3 is 0 Å². The van der Waals surface area contributed by atoms with E-state index < -0.39 is 0 Å². The van der Waals surface area contributed by atoms with Crippen molar-refractivity contribution in [2.75, 3.05) is 51.0 Å². The summed E-state index contributed by atoms with van der Waals surface area (Å²) in [6.45, 7) is 3.10. The van der Waals surface area contributed by atoms with E-state index in [1.165, 1.54) is 11.3 Å². The molecular formula is C26H30ClN3O4S. The summed E-state index contributed by atoms with van der Waals surface area (Å²) < 4.78 is 11.4. The van der Waals surface area contributed by atoms with Crippen molar-refractivity contribution in [1.29, 1.82) is 0 Å². The Morgan fingerprint density at radius 1 is 1.20 bits per heavy atom. The zero-order valence-electron chi connectivity index (χ0n) is 19.8. The number of amides is 1. The van der Waals surface area contributed by atoms with Gasteiger partial charge in [-0.25, -0.2) is 0 Å². The number of halogens is 1. The summed E-state index contributed by atoms with van der Waals surface area (Å²) in [6, 6.07) is 14.9. The SMILES string of the molecule is CNc1cc(-c2ccc(Cl)cc2)sc1C(=O)Nc1ccc(OCCCN2CC[C@@H](O)C2)c(OC)c1. The molecule has 2 aromatic carbocycles. The third-order valence-corrected chi connectivity index (χ3v) is 7.32. The third-order valence-electron chi connectivity index (χ3n) is 5.88. The van der Waals surface area contributed by atoms with Crippen LogP contribution in [0.3, 0.4) is 0 Å². The number of anilines is 2. The van der Waals surface area contributed by atoms with Crippen molar-refractivity contribution in [2.45, 2.75) is 18.9 Å². The minimum atomic E-state index is -0.207. The van der Waals surface area contributed by atoms with E-state index in [-0.39, 0.29) is 12.0 Å². The normalized spacial score (nSPS) is 15.7. The summed E-state index contributed by atoms with van der Waals surface area (Å²) in [7, 11) is 3.38. The Kier molecular flexibility index (Phi) is 8.51. The van der Waals surface area contributed by atoms with Gasteiger partial charge in [-0.1, -0.05) is 23.7 Å². The van der Waals surface area contributed by atoms with Gasteiger partial charge < -0.3 is 30.1 Å². The number of aliphatic hydroxyl groups excluding tert-OH is 1. The van der Waals surface area contributed by atoms with Crippen LogP contribution in [-0.4, -0.2) is 62.4 Å². The number of rotatable bonds is 10. The summed E-state index contributed by atoms with van der Waals surface area (Å²) in [6.07, 6.45) is 1.49. The molecule has 0 saturated carbocycles. The molecule has 1 aliphatic rings. The standard InChI is InChI=1S/C26H30ClN3O4S/c1-28-21-15-24(17-4-6-18(27)7-5-17)35-25(21)26(32)29-19-8-9-22(23(14-19)33-2)34-13-3-11-30-12-10-20(31)16-30/h4-9,14-15,20,28,31H,3,10-13,16H2,1-2H3,(H,29,32)/t20-/m1/s1. The molecule has 1 aliphatic heterocycles. The molecular weight excluding hydrogens is 486 g/mol. The average molecular weight is 516 g/mol. The predicted octanol–water partition coefficient (Wildman–Crippen LogP) is 5.21. The van der Waals surface area contributed by atoms with Crippen LogP contribution in [0.25, 0.3) is 10.4 Å². The molecule has 3 N–H and O–H groups in total. The first-order valence-corrected chi connectivity index (χ1v) is 12.8. The molecule has 1 aromatic heterocycles. The summed E-state index contributed by atoms with van der Waals surface area (Å²) in [4.78, 5) is 16.9. The number of ether oxygens (including phenoxy) is 2. The quantitative estimate of drug-likeness (QED) is 0.322. The third kappa shape index (κ3) is 6.46. The van der Waals surface area contributed by atoms with Gasteiger partial charge in [0.1, 0.15) is 4.88 Å². The first-order chi connectivity index (χ1) is 17.0. The molecule has 1 atom stereocenters. The Morgan fingerprint density at radius 2 is 2.00 bits per heavy atom. The Bertz CT molecular complexity index is 1150. The van der Waals surface area contributed by atoms with Crippen molar-refractivity contribution in [3.63, 3.8) is 0 Å². The van der Waals surface area contributed by atoms with Gasteiger partial charge in [-0.3, -0.25) is 4.79 Å². The first-order valence-electron chi connectivity index (χ1n) is 11.6. The number of likely N-dealkylation sites (tertiary alicyclic amines) is 1. The number of aliphatic hydroxyl groups is 1. The lowest BCUT2D eigenvalue weighted by atomic mass is 10.2. The van der Waals surface area contributed by atoms with Gasteiger partial charge in [0, 0.05) is 48.3 Å². The van der Waals surface area contributed by atoms with E-state index in [9.17, 15) is 9.90 Å². The molecule has 1 amide bonds. The molecule has 7 nitrogen and oxygen atoms in total. The molecule has 0 spiro atoms. The molecule has 3 aromatic rings. The van der Waals surface area contributed by atoms with Gasteiger partial charge in [0.05, 0.1) is 25.5 Å². The fourth-order valence-electron chi connectivity index (χ4n) is 4.04. The van der Waals surface area contributed by atoms with E-state index >= 15 is 0 Å². The molecule has 186 valence electrons.